The summed E-state index contributed by atoms with van der Waals surface area (Å²) in [6, 6.07) is 16.7. The number of nitrogens with one attached hydrogen (secondary N) is 1. The Balaban J connectivity index is 1.62. The van der Waals surface area contributed by atoms with Gasteiger partial charge in [-0.15, -0.1) is 0 Å². The molecular formula is C24H29F3N2O2. The Morgan fingerprint density at radius 2 is 1.71 bits per heavy atom. The lowest BCUT2D eigenvalue weighted by molar-refractivity contribution is -0.218. The highest BCUT2D eigenvalue weighted by Crippen LogP contribution is 2.46. The van der Waals surface area contributed by atoms with Gasteiger partial charge in [0.1, 0.15) is 0 Å². The van der Waals surface area contributed by atoms with Gasteiger partial charge in [0, 0.05) is 19.6 Å². The third-order valence-corrected chi connectivity index (χ3v) is 5.63. The van der Waals surface area contributed by atoms with Gasteiger partial charge in [-0.1, -0.05) is 54.6 Å². The number of nitrogens with zero attached hydrogens (tertiary/aromatic N) is 1. The molecule has 168 valence electrons. The van der Waals surface area contributed by atoms with E-state index in [0.29, 0.717) is 13.2 Å². The van der Waals surface area contributed by atoms with Crippen LogP contribution in [0.25, 0.3) is 0 Å². The van der Waals surface area contributed by atoms with Crippen LogP contribution in [0.3, 0.4) is 0 Å². The molecule has 4 nitrogen and oxygen atoms in total. The monoisotopic (exact) mass is 434 g/mol. The maximum Gasteiger partial charge on any atom is 0.404 e. The van der Waals surface area contributed by atoms with Crippen molar-refractivity contribution >= 4 is 5.91 Å². The maximum atomic E-state index is 14.0. The first-order valence-electron chi connectivity index (χ1n) is 10.5. The zero-order valence-electron chi connectivity index (χ0n) is 17.9. The van der Waals surface area contributed by atoms with E-state index < -0.39 is 17.5 Å². The average Bonchev–Trinajstić information content (AvgIpc) is 3.17. The fraction of sp³-hybridized carbons (Fsp3) is 0.458. The summed E-state index contributed by atoms with van der Waals surface area (Å²) >= 11 is 0. The fourth-order valence-electron chi connectivity index (χ4n) is 3.78. The highest BCUT2D eigenvalue weighted by Gasteiger charge is 2.62. The molecule has 1 unspecified atom stereocenters. The number of benzene rings is 2. The molecule has 1 amide bonds. The SMILES string of the molecule is CC(C)OCc1ccc(CNC(=O)C2(C(F)(F)F)CCN(Cc3ccccc3)C2)cc1. The predicted molar refractivity (Wildman–Crippen MR) is 113 cm³/mol. The van der Waals surface area contributed by atoms with Crippen LogP contribution in [0.4, 0.5) is 13.2 Å². The van der Waals surface area contributed by atoms with E-state index in [2.05, 4.69) is 5.32 Å². The first-order chi connectivity index (χ1) is 14.7. The molecule has 7 heteroatoms. The minimum absolute atomic E-state index is 0.0562. The maximum absolute atomic E-state index is 14.0. The van der Waals surface area contributed by atoms with Gasteiger partial charge in [0.15, 0.2) is 5.41 Å². The molecule has 0 spiro atoms. The smallest absolute Gasteiger partial charge is 0.374 e. The van der Waals surface area contributed by atoms with Crippen LogP contribution in [0, 0.1) is 5.41 Å². The molecule has 1 aliphatic heterocycles. The summed E-state index contributed by atoms with van der Waals surface area (Å²) in [4.78, 5) is 14.5. The number of hydrogen-bond donors (Lipinski definition) is 1. The van der Waals surface area contributed by atoms with Crippen LogP contribution in [0.1, 0.15) is 37.0 Å². The molecule has 1 saturated heterocycles. The third kappa shape index (κ3) is 5.86. The second kappa shape index (κ2) is 9.83. The van der Waals surface area contributed by atoms with E-state index in [0.717, 1.165) is 16.7 Å². The number of amides is 1. The van der Waals surface area contributed by atoms with Gasteiger partial charge >= 0.3 is 6.18 Å². The number of halogens is 3. The molecule has 0 aromatic heterocycles. The van der Waals surface area contributed by atoms with Crippen LogP contribution in [-0.2, 0) is 29.2 Å². The van der Waals surface area contributed by atoms with E-state index in [1.165, 1.54) is 0 Å². The lowest BCUT2D eigenvalue weighted by Gasteiger charge is -2.30. The van der Waals surface area contributed by atoms with E-state index >= 15 is 0 Å². The highest BCUT2D eigenvalue weighted by molar-refractivity contribution is 5.84. The quantitative estimate of drug-likeness (QED) is 0.656. The van der Waals surface area contributed by atoms with Crippen LogP contribution in [0.2, 0.25) is 0 Å². The molecule has 1 heterocycles. The van der Waals surface area contributed by atoms with Crippen molar-refractivity contribution < 1.29 is 22.7 Å². The van der Waals surface area contributed by atoms with Gasteiger partial charge in [0.25, 0.3) is 0 Å². The summed E-state index contributed by atoms with van der Waals surface area (Å²) in [5, 5.41) is 2.53. The minimum atomic E-state index is -4.61. The van der Waals surface area contributed by atoms with Gasteiger partial charge in [0.05, 0.1) is 12.7 Å². The number of rotatable bonds is 8. The van der Waals surface area contributed by atoms with Gasteiger partial charge in [-0.25, -0.2) is 0 Å². The van der Waals surface area contributed by atoms with Crippen LogP contribution < -0.4 is 5.32 Å². The Hall–Kier alpha value is -2.38. The Labute approximate surface area is 181 Å². The minimum Gasteiger partial charge on any atom is -0.374 e. The largest absolute Gasteiger partial charge is 0.404 e. The normalized spacial score (nSPS) is 19.7. The van der Waals surface area contributed by atoms with Crippen molar-refractivity contribution in [2.45, 2.75) is 52.2 Å². The van der Waals surface area contributed by atoms with E-state index in [1.54, 1.807) is 17.0 Å². The van der Waals surface area contributed by atoms with Gasteiger partial charge in [0.2, 0.25) is 5.91 Å². The zero-order valence-corrected chi connectivity index (χ0v) is 17.9. The van der Waals surface area contributed by atoms with Gasteiger partial charge in [-0.2, -0.15) is 13.2 Å². The van der Waals surface area contributed by atoms with Gasteiger partial charge in [-0.05, 0) is 43.5 Å². The number of hydrogen-bond acceptors (Lipinski definition) is 3. The summed E-state index contributed by atoms with van der Waals surface area (Å²) in [7, 11) is 0. The lowest BCUT2D eigenvalue weighted by Crippen LogP contribution is -2.52. The highest BCUT2D eigenvalue weighted by atomic mass is 19.4. The van der Waals surface area contributed by atoms with Gasteiger partial charge < -0.3 is 10.1 Å². The number of alkyl halides is 3. The topological polar surface area (TPSA) is 41.6 Å². The summed E-state index contributed by atoms with van der Waals surface area (Å²) in [6.07, 6.45) is -4.73. The molecule has 3 rings (SSSR count). The second-order valence-corrected chi connectivity index (χ2v) is 8.39. The second-order valence-electron chi connectivity index (χ2n) is 8.39. The van der Waals surface area contributed by atoms with Crippen molar-refractivity contribution in [1.29, 1.82) is 0 Å². The first-order valence-corrected chi connectivity index (χ1v) is 10.5. The van der Waals surface area contributed by atoms with Crippen LogP contribution in [-0.4, -0.2) is 36.2 Å². The molecule has 1 N–H and O–H groups in total. The van der Waals surface area contributed by atoms with Crippen LogP contribution >= 0.6 is 0 Å². The molecule has 2 aromatic carbocycles. The predicted octanol–water partition coefficient (Wildman–Crippen LogP) is 4.68. The Bertz CT molecular complexity index is 853. The summed E-state index contributed by atoms with van der Waals surface area (Å²) < 4.78 is 47.6. The van der Waals surface area contributed by atoms with Gasteiger partial charge in [-0.3, -0.25) is 9.69 Å². The van der Waals surface area contributed by atoms with Crippen molar-refractivity contribution in [3.8, 4) is 0 Å². The van der Waals surface area contributed by atoms with Crippen molar-refractivity contribution in [3.63, 3.8) is 0 Å². The Kier molecular flexibility index (Phi) is 7.38. The van der Waals surface area contributed by atoms with Crippen molar-refractivity contribution in [1.82, 2.24) is 10.2 Å². The molecular weight excluding hydrogens is 405 g/mol. The number of carbonyl (C=O) groups excluding carboxylic acids is 1. The summed E-state index contributed by atoms with van der Waals surface area (Å²) in [5.41, 5.74) is 0.274. The van der Waals surface area contributed by atoms with E-state index in [9.17, 15) is 18.0 Å². The third-order valence-electron chi connectivity index (χ3n) is 5.63. The molecule has 0 aliphatic carbocycles. The van der Waals surface area contributed by atoms with Crippen LogP contribution in [0.15, 0.2) is 54.6 Å². The summed E-state index contributed by atoms with van der Waals surface area (Å²) in [6.45, 7) is 4.72. The molecule has 31 heavy (non-hydrogen) atoms. The van der Waals surface area contributed by atoms with E-state index in [-0.39, 0.29) is 32.2 Å². The average molecular weight is 435 g/mol. The molecule has 0 radical (unpaired) electrons. The lowest BCUT2D eigenvalue weighted by atomic mass is 9.85. The van der Waals surface area contributed by atoms with Crippen molar-refractivity contribution in [2.75, 3.05) is 13.1 Å². The zero-order chi connectivity index (χ0) is 22.5. The van der Waals surface area contributed by atoms with E-state index in [1.807, 2.05) is 56.3 Å². The Morgan fingerprint density at radius 3 is 2.32 bits per heavy atom. The molecule has 1 fully saturated rings. The van der Waals surface area contributed by atoms with Crippen molar-refractivity contribution in [3.05, 3.63) is 71.3 Å². The standard InChI is InChI=1S/C24H29F3N2O2/c1-18(2)31-16-21-10-8-19(9-11-21)14-28-22(30)23(24(25,26)27)12-13-29(17-23)15-20-6-4-3-5-7-20/h3-11,18H,12-17H2,1-2H3,(H,28,30). The molecule has 1 aliphatic rings. The molecule has 0 bridgehead atoms. The molecule has 0 saturated carbocycles. The first kappa shape index (κ1) is 23.3. The van der Waals surface area contributed by atoms with E-state index in [4.69, 9.17) is 4.74 Å². The Morgan fingerprint density at radius 1 is 1.06 bits per heavy atom. The number of likely N-dealkylation sites (tertiary alicyclic amines) is 1. The summed E-state index contributed by atoms with van der Waals surface area (Å²) in [5.74, 6) is -0.956. The number of ether oxygens (including phenoxy) is 1. The van der Waals surface area contributed by atoms with Crippen molar-refractivity contribution in [2.24, 2.45) is 5.41 Å². The van der Waals surface area contributed by atoms with Crippen LogP contribution in [0.5, 0.6) is 0 Å². The fourth-order valence-corrected chi connectivity index (χ4v) is 3.78. The molecule has 2 aromatic rings. The molecule has 1 atom stereocenters. The number of carbonyl (C=O) groups is 1.